The highest BCUT2D eigenvalue weighted by atomic mass is 32.2. The number of likely N-dealkylation sites (tertiary alicyclic amines) is 1. The summed E-state index contributed by atoms with van der Waals surface area (Å²) in [5.41, 5.74) is 1.75. The smallest absolute Gasteiger partial charge is 0.262 e. The normalized spacial score (nSPS) is 33.9. The Morgan fingerprint density at radius 2 is 1.92 bits per heavy atom. The fraction of sp³-hybridized carbons (Fsp3) is 0.760. The van der Waals surface area contributed by atoms with E-state index in [0.29, 0.717) is 26.2 Å². The molecule has 4 aliphatic heterocycles. The summed E-state index contributed by atoms with van der Waals surface area (Å²) in [5, 5.41) is 5.34. The van der Waals surface area contributed by atoms with E-state index in [2.05, 4.69) is 15.0 Å². The molecule has 9 nitrogen and oxygen atoms in total. The zero-order valence-corrected chi connectivity index (χ0v) is 22.3. The van der Waals surface area contributed by atoms with Crippen molar-refractivity contribution in [2.75, 3.05) is 52.2 Å². The molecule has 0 aliphatic carbocycles. The maximum Gasteiger partial charge on any atom is 0.262 e. The van der Waals surface area contributed by atoms with Crippen LogP contribution in [0.15, 0.2) is 23.5 Å². The first kappa shape index (κ1) is 25.8. The van der Waals surface area contributed by atoms with Gasteiger partial charge in [-0.3, -0.25) is 9.80 Å². The summed E-state index contributed by atoms with van der Waals surface area (Å²) in [6, 6.07) is 3.76. The minimum Gasteiger partial charge on any atom is -0.379 e. The predicted molar refractivity (Wildman–Crippen MR) is 133 cm³/mol. The molecular formula is C25H35F2N5O4S. The molecule has 0 radical (unpaired) electrons. The Bertz CT molecular complexity index is 1110. The predicted octanol–water partition coefficient (Wildman–Crippen LogP) is 2.84. The SMILES string of the molecule is CSc1ncnn2c([C@@H]3O[C@H](CN4CC(F)(F)C[C@H]4CCN4CCOCC4)[C@H]4OC(C)(C)O[C@H]43)ccc12. The van der Waals surface area contributed by atoms with Crippen molar-refractivity contribution in [2.24, 2.45) is 0 Å². The van der Waals surface area contributed by atoms with Gasteiger partial charge in [-0.25, -0.2) is 18.3 Å². The van der Waals surface area contributed by atoms with E-state index >= 15 is 0 Å². The molecule has 4 fully saturated rings. The van der Waals surface area contributed by atoms with Crippen LogP contribution in [-0.2, 0) is 18.9 Å². The first-order chi connectivity index (χ1) is 17.7. The van der Waals surface area contributed by atoms with Crippen LogP contribution in [0.25, 0.3) is 5.52 Å². The van der Waals surface area contributed by atoms with Crippen LogP contribution in [0, 0.1) is 0 Å². The maximum absolute atomic E-state index is 14.6. The van der Waals surface area contributed by atoms with Crippen molar-refractivity contribution >= 4 is 17.3 Å². The van der Waals surface area contributed by atoms with Crippen molar-refractivity contribution in [3.8, 4) is 0 Å². The van der Waals surface area contributed by atoms with Gasteiger partial charge in [0.05, 0.1) is 31.0 Å². The van der Waals surface area contributed by atoms with Gasteiger partial charge in [-0.15, -0.1) is 11.8 Å². The third-order valence-electron chi connectivity index (χ3n) is 7.86. The van der Waals surface area contributed by atoms with Gasteiger partial charge in [-0.2, -0.15) is 5.10 Å². The van der Waals surface area contributed by atoms with Gasteiger partial charge in [0.15, 0.2) is 5.79 Å². The van der Waals surface area contributed by atoms with E-state index in [0.717, 1.165) is 35.9 Å². The van der Waals surface area contributed by atoms with Crippen molar-refractivity contribution in [1.29, 1.82) is 0 Å². The second kappa shape index (κ2) is 9.96. The van der Waals surface area contributed by atoms with E-state index in [1.807, 2.05) is 41.7 Å². The van der Waals surface area contributed by atoms with E-state index < -0.39 is 23.9 Å². The zero-order valence-electron chi connectivity index (χ0n) is 21.5. The van der Waals surface area contributed by atoms with E-state index in [4.69, 9.17) is 18.9 Å². The van der Waals surface area contributed by atoms with E-state index in [-0.39, 0.29) is 31.2 Å². The number of hydrogen-bond donors (Lipinski definition) is 0. The summed E-state index contributed by atoms with van der Waals surface area (Å²) in [4.78, 5) is 8.56. The van der Waals surface area contributed by atoms with Crippen LogP contribution in [0.5, 0.6) is 0 Å². The number of alkyl halides is 2. The van der Waals surface area contributed by atoms with E-state index in [9.17, 15) is 8.78 Å². The number of hydrogen-bond acceptors (Lipinski definition) is 9. The highest BCUT2D eigenvalue weighted by Gasteiger charge is 2.57. The second-order valence-electron chi connectivity index (χ2n) is 10.9. The Hall–Kier alpha value is -1.41. The second-order valence-corrected chi connectivity index (χ2v) is 11.7. The topological polar surface area (TPSA) is 73.6 Å². The summed E-state index contributed by atoms with van der Waals surface area (Å²) in [6.07, 6.45) is 2.53. The quantitative estimate of drug-likeness (QED) is 0.494. The molecule has 0 unspecified atom stereocenters. The van der Waals surface area contributed by atoms with Crippen LogP contribution in [0.2, 0.25) is 0 Å². The van der Waals surface area contributed by atoms with Gasteiger partial charge in [0.2, 0.25) is 0 Å². The van der Waals surface area contributed by atoms with Crippen LogP contribution >= 0.6 is 11.8 Å². The standard InChI is InChI=1S/C25H35F2N5O4S/c1-24(2)35-21-19(13-31-14-25(26,27)12-16(31)6-7-30-8-10-33-11-9-30)34-20(22(21)36-24)17-4-5-18-23(37-3)28-15-29-32(17)18/h4-5,15-16,19-22H,6-14H2,1-3H3/t16-,19-,20+,21-,22+/m1/s1. The number of thioether (sulfide) groups is 1. The molecule has 0 aromatic carbocycles. The average Bonchev–Trinajstić information content (AvgIpc) is 3.59. The summed E-state index contributed by atoms with van der Waals surface area (Å²) in [5.74, 6) is -3.49. The van der Waals surface area contributed by atoms with Gasteiger partial charge >= 0.3 is 0 Å². The van der Waals surface area contributed by atoms with Gasteiger partial charge in [0.1, 0.15) is 35.8 Å². The van der Waals surface area contributed by atoms with Gasteiger partial charge in [0, 0.05) is 32.1 Å². The van der Waals surface area contributed by atoms with Gasteiger partial charge in [0.25, 0.3) is 5.92 Å². The largest absolute Gasteiger partial charge is 0.379 e. The molecule has 0 N–H and O–H groups in total. The van der Waals surface area contributed by atoms with Gasteiger partial charge in [-0.1, -0.05) is 0 Å². The Morgan fingerprint density at radius 3 is 2.70 bits per heavy atom. The molecule has 2 aromatic rings. The summed E-state index contributed by atoms with van der Waals surface area (Å²) >= 11 is 1.55. The summed E-state index contributed by atoms with van der Waals surface area (Å²) in [7, 11) is 0. The monoisotopic (exact) mass is 539 g/mol. The zero-order chi connectivity index (χ0) is 25.8. The van der Waals surface area contributed by atoms with Crippen molar-refractivity contribution < 1.29 is 27.7 Å². The van der Waals surface area contributed by atoms with Crippen molar-refractivity contribution in [2.45, 2.75) is 73.9 Å². The molecule has 204 valence electrons. The lowest BCUT2D eigenvalue weighted by molar-refractivity contribution is -0.190. The van der Waals surface area contributed by atoms with E-state index in [1.54, 1.807) is 11.8 Å². The third-order valence-corrected chi connectivity index (χ3v) is 8.56. The maximum atomic E-state index is 14.6. The average molecular weight is 540 g/mol. The number of fused-ring (bicyclic) bond motifs is 2. The number of aromatic nitrogens is 3. The Morgan fingerprint density at radius 1 is 1.14 bits per heavy atom. The number of rotatable bonds is 7. The molecule has 0 bridgehead atoms. The first-order valence-electron chi connectivity index (χ1n) is 13.0. The van der Waals surface area contributed by atoms with Gasteiger partial charge in [-0.05, 0) is 45.2 Å². The van der Waals surface area contributed by atoms with Crippen LogP contribution in [0.1, 0.15) is 38.5 Å². The van der Waals surface area contributed by atoms with Crippen molar-refractivity contribution in [3.63, 3.8) is 0 Å². The molecule has 6 rings (SSSR count). The third kappa shape index (κ3) is 5.13. The van der Waals surface area contributed by atoms with Crippen LogP contribution in [0.3, 0.4) is 0 Å². The lowest BCUT2D eigenvalue weighted by atomic mass is 10.0. The molecule has 6 heterocycles. The summed E-state index contributed by atoms with van der Waals surface area (Å²) < 4.78 is 55.7. The Labute approximate surface area is 219 Å². The van der Waals surface area contributed by atoms with Crippen molar-refractivity contribution in [3.05, 3.63) is 24.2 Å². The molecule has 0 amide bonds. The number of halogens is 2. The highest BCUT2D eigenvalue weighted by molar-refractivity contribution is 7.98. The molecule has 12 heteroatoms. The fourth-order valence-corrected chi connectivity index (χ4v) is 6.74. The fourth-order valence-electron chi connectivity index (χ4n) is 6.22. The molecule has 4 saturated heterocycles. The lowest BCUT2D eigenvalue weighted by Crippen LogP contribution is -2.44. The number of ether oxygens (including phenoxy) is 4. The molecule has 0 saturated carbocycles. The minimum atomic E-state index is -2.71. The molecular weight excluding hydrogens is 504 g/mol. The molecule has 0 spiro atoms. The number of nitrogens with zero attached hydrogens (tertiary/aromatic N) is 5. The number of morpholine rings is 1. The highest BCUT2D eigenvalue weighted by Crippen LogP contribution is 2.46. The Kier molecular flexibility index (Phi) is 6.96. The lowest BCUT2D eigenvalue weighted by Gasteiger charge is -2.32. The van der Waals surface area contributed by atoms with Crippen LogP contribution in [0.4, 0.5) is 8.78 Å². The van der Waals surface area contributed by atoms with Crippen LogP contribution < -0.4 is 0 Å². The van der Waals surface area contributed by atoms with E-state index in [1.165, 1.54) is 6.33 Å². The molecule has 5 atom stereocenters. The van der Waals surface area contributed by atoms with Crippen LogP contribution in [-0.4, -0.2) is 113 Å². The molecule has 2 aromatic heterocycles. The van der Waals surface area contributed by atoms with Crippen molar-refractivity contribution in [1.82, 2.24) is 24.4 Å². The minimum absolute atomic E-state index is 0.123. The molecule has 37 heavy (non-hydrogen) atoms. The van der Waals surface area contributed by atoms with Gasteiger partial charge < -0.3 is 18.9 Å². The Balaban J connectivity index is 1.22. The molecule has 4 aliphatic rings. The summed E-state index contributed by atoms with van der Waals surface area (Å²) in [6.45, 7) is 7.80. The first-order valence-corrected chi connectivity index (χ1v) is 14.3.